The van der Waals surface area contributed by atoms with Crippen LogP contribution in [0.5, 0.6) is 0 Å². The third-order valence-corrected chi connectivity index (χ3v) is 3.93. The summed E-state index contributed by atoms with van der Waals surface area (Å²) in [5.74, 6) is 0. The molecule has 0 heterocycles. The lowest BCUT2D eigenvalue weighted by Gasteiger charge is -2.31. The van der Waals surface area contributed by atoms with E-state index in [1.54, 1.807) is 0 Å². The first kappa shape index (κ1) is 13.4. The highest BCUT2D eigenvalue weighted by Crippen LogP contribution is 2.32. The first-order chi connectivity index (χ1) is 8.54. The van der Waals surface area contributed by atoms with Gasteiger partial charge < -0.3 is 15.7 Å². The van der Waals surface area contributed by atoms with Gasteiger partial charge in [0, 0.05) is 25.8 Å². The Morgan fingerprint density at radius 2 is 2.00 bits per heavy atom. The number of nitrogens with two attached hydrogens (primary N) is 1. The third kappa shape index (κ3) is 2.85. The Labute approximate surface area is 110 Å². The molecular formula is C15H24N2O. The lowest BCUT2D eigenvalue weighted by Crippen LogP contribution is -2.39. The van der Waals surface area contributed by atoms with E-state index >= 15 is 0 Å². The molecule has 1 aromatic rings. The van der Waals surface area contributed by atoms with Gasteiger partial charge in [0.15, 0.2) is 0 Å². The van der Waals surface area contributed by atoms with Gasteiger partial charge in [0.2, 0.25) is 0 Å². The minimum Gasteiger partial charge on any atom is -0.388 e. The average Bonchev–Trinajstić information content (AvgIpc) is 2.75. The van der Waals surface area contributed by atoms with Crippen LogP contribution in [0.4, 0.5) is 5.69 Å². The Balaban J connectivity index is 2.15. The molecule has 2 rings (SSSR count). The van der Waals surface area contributed by atoms with Crippen molar-refractivity contribution in [1.29, 1.82) is 0 Å². The zero-order valence-electron chi connectivity index (χ0n) is 11.4. The summed E-state index contributed by atoms with van der Waals surface area (Å²) in [5.41, 5.74) is 8.82. The second-order valence-electron chi connectivity index (χ2n) is 5.62. The van der Waals surface area contributed by atoms with E-state index < -0.39 is 5.60 Å². The number of hydrogen-bond acceptors (Lipinski definition) is 3. The molecule has 0 radical (unpaired) electrons. The van der Waals surface area contributed by atoms with E-state index in [0.29, 0.717) is 13.1 Å². The first-order valence-corrected chi connectivity index (χ1v) is 6.77. The Morgan fingerprint density at radius 1 is 1.33 bits per heavy atom. The summed E-state index contributed by atoms with van der Waals surface area (Å²) in [6.07, 6.45) is 4.12. The molecule has 0 bridgehead atoms. The molecule has 18 heavy (non-hydrogen) atoms. The molecule has 1 aliphatic rings. The highest BCUT2D eigenvalue weighted by Gasteiger charge is 2.32. The molecule has 100 valence electrons. The van der Waals surface area contributed by atoms with Crippen LogP contribution >= 0.6 is 0 Å². The summed E-state index contributed by atoms with van der Waals surface area (Å²) in [4.78, 5) is 2.15. The predicted molar refractivity (Wildman–Crippen MR) is 75.8 cm³/mol. The van der Waals surface area contributed by atoms with Crippen LogP contribution in [-0.2, 0) is 6.54 Å². The van der Waals surface area contributed by atoms with Crippen LogP contribution in [0.2, 0.25) is 0 Å². The summed E-state index contributed by atoms with van der Waals surface area (Å²) in [6, 6.07) is 6.34. The molecule has 0 saturated heterocycles. The number of rotatable bonds is 4. The van der Waals surface area contributed by atoms with Crippen molar-refractivity contribution in [3.8, 4) is 0 Å². The van der Waals surface area contributed by atoms with Gasteiger partial charge in [-0.15, -0.1) is 0 Å². The van der Waals surface area contributed by atoms with Gasteiger partial charge in [0.25, 0.3) is 0 Å². The van der Waals surface area contributed by atoms with Gasteiger partial charge in [-0.25, -0.2) is 0 Å². The van der Waals surface area contributed by atoms with Crippen LogP contribution in [-0.4, -0.2) is 24.3 Å². The Hall–Kier alpha value is -1.06. The third-order valence-electron chi connectivity index (χ3n) is 3.93. The summed E-state index contributed by atoms with van der Waals surface area (Å²) in [7, 11) is 2.04. The molecule has 1 saturated carbocycles. The minimum atomic E-state index is -0.508. The van der Waals surface area contributed by atoms with Gasteiger partial charge >= 0.3 is 0 Å². The van der Waals surface area contributed by atoms with E-state index in [-0.39, 0.29) is 0 Å². The fraction of sp³-hybridized carbons (Fsp3) is 0.600. The average molecular weight is 248 g/mol. The molecule has 0 atom stereocenters. The fourth-order valence-electron chi connectivity index (χ4n) is 2.97. The number of hydrogen-bond donors (Lipinski definition) is 2. The number of aliphatic hydroxyl groups is 1. The van der Waals surface area contributed by atoms with E-state index in [0.717, 1.165) is 36.9 Å². The van der Waals surface area contributed by atoms with Crippen molar-refractivity contribution in [2.75, 3.05) is 18.5 Å². The molecule has 0 amide bonds. The predicted octanol–water partition coefficient (Wildman–Crippen LogP) is 2.20. The zero-order chi connectivity index (χ0) is 13.2. The lowest BCUT2D eigenvalue weighted by molar-refractivity contribution is 0.0559. The smallest absolute Gasteiger partial charge is 0.0821 e. The fourth-order valence-corrected chi connectivity index (χ4v) is 2.97. The molecule has 1 fully saturated rings. The van der Waals surface area contributed by atoms with Gasteiger partial charge in [0.1, 0.15) is 0 Å². The van der Waals surface area contributed by atoms with Gasteiger partial charge in [-0.3, -0.25) is 0 Å². The Kier molecular flexibility index (Phi) is 3.93. The summed E-state index contributed by atoms with van der Waals surface area (Å²) in [5, 5.41) is 10.5. The summed E-state index contributed by atoms with van der Waals surface area (Å²) in [6.45, 7) is 3.32. The maximum atomic E-state index is 10.5. The summed E-state index contributed by atoms with van der Waals surface area (Å²) >= 11 is 0. The minimum absolute atomic E-state index is 0.508. The molecular weight excluding hydrogens is 224 g/mol. The largest absolute Gasteiger partial charge is 0.388 e. The zero-order valence-corrected chi connectivity index (χ0v) is 11.4. The van der Waals surface area contributed by atoms with Crippen LogP contribution in [0.15, 0.2) is 18.2 Å². The molecule has 0 unspecified atom stereocenters. The molecule has 1 aliphatic carbocycles. The van der Waals surface area contributed by atoms with Crippen molar-refractivity contribution in [2.45, 2.75) is 44.8 Å². The quantitative estimate of drug-likeness (QED) is 0.859. The molecule has 0 aliphatic heterocycles. The topological polar surface area (TPSA) is 49.5 Å². The standard InChI is InChI=1S/C15H24N2O/c1-12-5-6-14(13(9-12)10-16)17(2)11-15(18)7-3-4-8-15/h5-6,9,18H,3-4,7-8,10-11,16H2,1-2H3. The molecule has 0 aromatic heterocycles. The van der Waals surface area contributed by atoms with E-state index in [1.807, 2.05) is 7.05 Å². The maximum absolute atomic E-state index is 10.5. The SMILES string of the molecule is Cc1ccc(N(C)CC2(O)CCCC2)c(CN)c1. The van der Waals surface area contributed by atoms with Gasteiger partial charge in [0.05, 0.1) is 5.60 Å². The second kappa shape index (κ2) is 5.29. The number of aryl methyl sites for hydroxylation is 1. The van der Waals surface area contributed by atoms with Crippen LogP contribution in [0.3, 0.4) is 0 Å². The molecule has 3 nitrogen and oxygen atoms in total. The van der Waals surface area contributed by atoms with E-state index in [4.69, 9.17) is 5.73 Å². The van der Waals surface area contributed by atoms with Crippen LogP contribution in [0.25, 0.3) is 0 Å². The first-order valence-electron chi connectivity index (χ1n) is 6.77. The molecule has 3 N–H and O–H groups in total. The monoisotopic (exact) mass is 248 g/mol. The van der Waals surface area contributed by atoms with Crippen molar-refractivity contribution >= 4 is 5.69 Å². The van der Waals surface area contributed by atoms with E-state index in [1.165, 1.54) is 5.56 Å². The van der Waals surface area contributed by atoms with Crippen LogP contribution in [0, 0.1) is 6.92 Å². The lowest BCUT2D eigenvalue weighted by atomic mass is 10.0. The number of nitrogens with zero attached hydrogens (tertiary/aromatic N) is 1. The number of likely N-dealkylation sites (N-methyl/N-ethyl adjacent to an activating group) is 1. The normalized spacial score (nSPS) is 18.0. The van der Waals surface area contributed by atoms with E-state index in [2.05, 4.69) is 30.0 Å². The molecule has 3 heteroatoms. The number of anilines is 1. The van der Waals surface area contributed by atoms with Crippen LogP contribution < -0.4 is 10.6 Å². The van der Waals surface area contributed by atoms with E-state index in [9.17, 15) is 5.11 Å². The van der Waals surface area contributed by atoms with Crippen molar-refractivity contribution in [3.63, 3.8) is 0 Å². The van der Waals surface area contributed by atoms with Gasteiger partial charge in [-0.2, -0.15) is 0 Å². The maximum Gasteiger partial charge on any atom is 0.0821 e. The van der Waals surface area contributed by atoms with Crippen molar-refractivity contribution < 1.29 is 5.11 Å². The number of benzene rings is 1. The van der Waals surface area contributed by atoms with Crippen LogP contribution in [0.1, 0.15) is 36.8 Å². The Bertz CT molecular complexity index is 411. The van der Waals surface area contributed by atoms with Crippen molar-refractivity contribution in [3.05, 3.63) is 29.3 Å². The highest BCUT2D eigenvalue weighted by atomic mass is 16.3. The molecule has 0 spiro atoms. The summed E-state index contributed by atoms with van der Waals surface area (Å²) < 4.78 is 0. The molecule has 1 aromatic carbocycles. The van der Waals surface area contributed by atoms with Crippen molar-refractivity contribution in [1.82, 2.24) is 0 Å². The van der Waals surface area contributed by atoms with Gasteiger partial charge in [-0.05, 0) is 31.4 Å². The second-order valence-corrected chi connectivity index (χ2v) is 5.62. The highest BCUT2D eigenvalue weighted by molar-refractivity contribution is 5.54. The van der Waals surface area contributed by atoms with Crippen molar-refractivity contribution in [2.24, 2.45) is 5.73 Å². The Morgan fingerprint density at radius 3 is 2.61 bits per heavy atom. The van der Waals surface area contributed by atoms with Gasteiger partial charge in [-0.1, -0.05) is 30.5 Å².